The van der Waals surface area contributed by atoms with Crippen LogP contribution < -0.4 is 15.4 Å². The molecule has 1 saturated carbocycles. The second-order valence-corrected chi connectivity index (χ2v) is 9.10. The van der Waals surface area contributed by atoms with E-state index in [4.69, 9.17) is 0 Å². The van der Waals surface area contributed by atoms with Gasteiger partial charge in [0, 0.05) is 36.5 Å². The van der Waals surface area contributed by atoms with Crippen molar-refractivity contribution in [3.05, 3.63) is 54.3 Å². The molecule has 7 nitrogen and oxygen atoms in total. The molecule has 0 aromatic heterocycles. The molecule has 1 atom stereocenters. The van der Waals surface area contributed by atoms with Crippen molar-refractivity contribution in [3.8, 4) is 0 Å². The molecular weight excluding hydrogens is 395 g/mol. The van der Waals surface area contributed by atoms with E-state index in [0.29, 0.717) is 13.1 Å². The van der Waals surface area contributed by atoms with Crippen LogP contribution in [0.3, 0.4) is 0 Å². The van der Waals surface area contributed by atoms with Crippen molar-refractivity contribution in [1.82, 2.24) is 9.62 Å². The van der Waals surface area contributed by atoms with Crippen LogP contribution in [-0.2, 0) is 10.0 Å². The average Bonchev–Trinajstić information content (AvgIpc) is 3.37. The first-order chi connectivity index (χ1) is 13.9. The molecule has 2 fully saturated rings. The monoisotopic (exact) mass is 418 g/mol. The lowest BCUT2D eigenvalue weighted by Crippen LogP contribution is -2.35. The molecular formula is C20H23FN4O3S. The van der Waals surface area contributed by atoms with Crippen LogP contribution in [-0.4, -0.2) is 44.5 Å². The first kappa shape index (κ1) is 19.7. The summed E-state index contributed by atoms with van der Waals surface area (Å²) in [7, 11) is -3.95. The van der Waals surface area contributed by atoms with E-state index in [9.17, 15) is 17.6 Å². The molecule has 1 heterocycles. The Morgan fingerprint density at radius 3 is 2.48 bits per heavy atom. The van der Waals surface area contributed by atoms with Crippen molar-refractivity contribution >= 4 is 27.4 Å². The number of sulfonamides is 1. The molecule has 29 heavy (non-hydrogen) atoms. The summed E-state index contributed by atoms with van der Waals surface area (Å²) >= 11 is 0. The summed E-state index contributed by atoms with van der Waals surface area (Å²) in [6.07, 6.45) is 2.31. The summed E-state index contributed by atoms with van der Waals surface area (Å²) in [4.78, 5) is 13.8. The molecule has 1 aliphatic carbocycles. The number of carbonyl (C=O) groups excluding carboxylic acids is 1. The van der Waals surface area contributed by atoms with Gasteiger partial charge in [-0.05, 0) is 49.6 Å². The lowest BCUT2D eigenvalue weighted by atomic mass is 10.2. The van der Waals surface area contributed by atoms with Gasteiger partial charge in [-0.2, -0.15) is 0 Å². The van der Waals surface area contributed by atoms with Crippen LogP contribution in [0.4, 0.5) is 20.6 Å². The third-order valence-electron chi connectivity index (χ3n) is 4.99. The SMILES string of the molecule is O=C(Nc1ccc(F)c(S(=O)(=O)NC2CC2)c1)N1CC[C@@H](Nc2ccccc2)C1. The molecule has 2 aromatic carbocycles. The standard InChI is InChI=1S/C20H23FN4O3S/c21-18-9-8-16(12-19(18)29(27,28)24-15-6-7-15)23-20(26)25-11-10-17(13-25)22-14-4-2-1-3-5-14/h1-5,8-9,12,15,17,22,24H,6-7,10-11,13H2,(H,23,26)/t17-/m1/s1. The summed E-state index contributed by atoms with van der Waals surface area (Å²) in [5, 5.41) is 6.07. The van der Waals surface area contributed by atoms with Crippen LogP contribution in [0.15, 0.2) is 53.4 Å². The van der Waals surface area contributed by atoms with Crippen LogP contribution in [0.1, 0.15) is 19.3 Å². The first-order valence-electron chi connectivity index (χ1n) is 9.60. The molecule has 1 saturated heterocycles. The zero-order chi connectivity index (χ0) is 20.4. The second kappa shape index (κ2) is 8.00. The van der Waals surface area contributed by atoms with E-state index in [1.54, 1.807) is 4.90 Å². The van der Waals surface area contributed by atoms with Gasteiger partial charge < -0.3 is 15.5 Å². The topological polar surface area (TPSA) is 90.5 Å². The minimum atomic E-state index is -3.95. The lowest BCUT2D eigenvalue weighted by Gasteiger charge is -2.19. The van der Waals surface area contributed by atoms with Gasteiger partial charge >= 0.3 is 6.03 Å². The molecule has 2 amide bonds. The predicted molar refractivity (Wildman–Crippen MR) is 109 cm³/mol. The van der Waals surface area contributed by atoms with Crippen molar-refractivity contribution in [2.75, 3.05) is 23.7 Å². The van der Waals surface area contributed by atoms with Crippen LogP contribution in [0.5, 0.6) is 0 Å². The number of amides is 2. The van der Waals surface area contributed by atoms with Crippen molar-refractivity contribution in [2.24, 2.45) is 0 Å². The fraction of sp³-hybridized carbons (Fsp3) is 0.350. The Balaban J connectivity index is 1.39. The summed E-state index contributed by atoms with van der Waals surface area (Å²) < 4.78 is 41.2. The van der Waals surface area contributed by atoms with E-state index >= 15 is 0 Å². The maximum Gasteiger partial charge on any atom is 0.321 e. The second-order valence-electron chi connectivity index (χ2n) is 7.41. The van der Waals surface area contributed by atoms with Crippen molar-refractivity contribution in [3.63, 3.8) is 0 Å². The van der Waals surface area contributed by atoms with E-state index in [1.807, 2.05) is 30.3 Å². The van der Waals surface area contributed by atoms with Gasteiger partial charge in [0.2, 0.25) is 10.0 Å². The van der Waals surface area contributed by atoms with E-state index in [1.165, 1.54) is 6.07 Å². The summed E-state index contributed by atoms with van der Waals surface area (Å²) in [6.45, 7) is 1.10. The van der Waals surface area contributed by atoms with Gasteiger partial charge in [-0.3, -0.25) is 0 Å². The number of hydrogen-bond donors (Lipinski definition) is 3. The minimum absolute atomic E-state index is 0.128. The van der Waals surface area contributed by atoms with Gasteiger partial charge in [-0.25, -0.2) is 22.3 Å². The Morgan fingerprint density at radius 2 is 1.76 bits per heavy atom. The number of nitrogens with one attached hydrogen (secondary N) is 3. The van der Waals surface area contributed by atoms with Gasteiger partial charge in [0.25, 0.3) is 0 Å². The minimum Gasteiger partial charge on any atom is -0.380 e. The Morgan fingerprint density at radius 1 is 1.00 bits per heavy atom. The molecule has 4 rings (SSSR count). The molecule has 154 valence electrons. The third-order valence-corrected chi connectivity index (χ3v) is 6.53. The Labute approximate surface area is 169 Å². The fourth-order valence-corrected chi connectivity index (χ4v) is 4.71. The quantitative estimate of drug-likeness (QED) is 0.673. The summed E-state index contributed by atoms with van der Waals surface area (Å²) in [6, 6.07) is 13.0. The third kappa shape index (κ3) is 4.86. The van der Waals surface area contributed by atoms with E-state index in [-0.39, 0.29) is 23.8 Å². The van der Waals surface area contributed by atoms with Gasteiger partial charge in [0.1, 0.15) is 10.7 Å². The Hall–Kier alpha value is -2.65. The number of carbonyl (C=O) groups is 1. The van der Waals surface area contributed by atoms with Gasteiger partial charge in [-0.15, -0.1) is 0 Å². The molecule has 0 spiro atoms. The highest BCUT2D eigenvalue weighted by Gasteiger charge is 2.30. The zero-order valence-corrected chi connectivity index (χ0v) is 16.6. The number of urea groups is 1. The maximum atomic E-state index is 14.1. The highest BCUT2D eigenvalue weighted by atomic mass is 32.2. The van der Waals surface area contributed by atoms with Crippen molar-refractivity contribution in [2.45, 2.75) is 36.2 Å². The van der Waals surface area contributed by atoms with Crippen LogP contribution in [0.2, 0.25) is 0 Å². The van der Waals surface area contributed by atoms with Gasteiger partial charge in [0.05, 0.1) is 0 Å². The number of rotatable bonds is 6. The van der Waals surface area contributed by atoms with Crippen molar-refractivity contribution in [1.29, 1.82) is 0 Å². The van der Waals surface area contributed by atoms with E-state index in [0.717, 1.165) is 37.1 Å². The number of halogens is 1. The van der Waals surface area contributed by atoms with Crippen LogP contribution in [0.25, 0.3) is 0 Å². The lowest BCUT2D eigenvalue weighted by molar-refractivity contribution is 0.222. The van der Waals surface area contributed by atoms with E-state index in [2.05, 4.69) is 15.4 Å². The van der Waals surface area contributed by atoms with E-state index < -0.39 is 20.7 Å². The molecule has 9 heteroatoms. The Bertz CT molecular complexity index is 996. The summed E-state index contributed by atoms with van der Waals surface area (Å²) in [5.41, 5.74) is 1.24. The molecule has 2 aromatic rings. The highest BCUT2D eigenvalue weighted by Crippen LogP contribution is 2.25. The number of para-hydroxylation sites is 1. The molecule has 0 radical (unpaired) electrons. The number of nitrogens with zero attached hydrogens (tertiary/aromatic N) is 1. The molecule has 2 aliphatic rings. The maximum absolute atomic E-state index is 14.1. The predicted octanol–water partition coefficient (Wildman–Crippen LogP) is 2.98. The first-order valence-corrected chi connectivity index (χ1v) is 11.1. The van der Waals surface area contributed by atoms with Crippen molar-refractivity contribution < 1.29 is 17.6 Å². The summed E-state index contributed by atoms with van der Waals surface area (Å²) in [5.74, 6) is -0.843. The largest absolute Gasteiger partial charge is 0.380 e. The molecule has 0 unspecified atom stereocenters. The van der Waals surface area contributed by atoms with Crippen LogP contribution >= 0.6 is 0 Å². The van der Waals surface area contributed by atoms with Crippen LogP contribution in [0, 0.1) is 5.82 Å². The number of hydrogen-bond acceptors (Lipinski definition) is 4. The normalized spacial score (nSPS) is 19.2. The number of likely N-dealkylation sites (tertiary alicyclic amines) is 1. The molecule has 0 bridgehead atoms. The fourth-order valence-electron chi connectivity index (χ4n) is 3.31. The highest BCUT2D eigenvalue weighted by molar-refractivity contribution is 7.89. The smallest absolute Gasteiger partial charge is 0.321 e. The molecule has 3 N–H and O–H groups in total. The average molecular weight is 418 g/mol. The Kier molecular flexibility index (Phi) is 5.42. The number of benzene rings is 2. The van der Waals surface area contributed by atoms with Gasteiger partial charge in [-0.1, -0.05) is 18.2 Å². The molecule has 1 aliphatic heterocycles. The number of anilines is 2. The van der Waals surface area contributed by atoms with Gasteiger partial charge in [0.15, 0.2) is 0 Å². The zero-order valence-electron chi connectivity index (χ0n) is 15.8.